The topological polar surface area (TPSA) is 86.8 Å². The van der Waals surface area contributed by atoms with Crippen LogP contribution in [0.3, 0.4) is 0 Å². The molecule has 7 nitrogen and oxygen atoms in total. The van der Waals surface area contributed by atoms with Crippen LogP contribution in [0, 0.1) is 0 Å². The minimum Gasteiger partial charge on any atom is -0.275 e. The Labute approximate surface area is 90.6 Å². The van der Waals surface area contributed by atoms with E-state index in [4.69, 9.17) is 0 Å². The minimum absolute atomic E-state index is 0.289. The van der Waals surface area contributed by atoms with E-state index >= 15 is 0 Å². The fourth-order valence-corrected chi connectivity index (χ4v) is 1.54. The lowest BCUT2D eigenvalue weighted by Crippen LogP contribution is -2.48. The summed E-state index contributed by atoms with van der Waals surface area (Å²) < 4.78 is 0. The summed E-state index contributed by atoms with van der Waals surface area (Å²) in [5.74, 6) is -1.66. The monoisotopic (exact) mass is 223 g/mol. The fourth-order valence-electron chi connectivity index (χ4n) is 1.54. The number of urea groups is 1. The molecular formula is C9H9N3O4. The molecule has 0 bridgehead atoms. The number of hydrogen-bond donors (Lipinski definition) is 1. The van der Waals surface area contributed by atoms with E-state index in [0.29, 0.717) is 5.01 Å². The van der Waals surface area contributed by atoms with Crippen LogP contribution in [0.15, 0.2) is 11.1 Å². The normalized spacial score (nSPS) is 21.4. The third kappa shape index (κ3) is 1.21. The first-order valence-electron chi connectivity index (χ1n) is 4.61. The first-order chi connectivity index (χ1) is 7.43. The first kappa shape index (κ1) is 10.3. The smallest absolute Gasteiger partial charge is 0.275 e. The summed E-state index contributed by atoms with van der Waals surface area (Å²) >= 11 is 0. The number of nitrogens with zero attached hydrogens (tertiary/aromatic N) is 2. The van der Waals surface area contributed by atoms with Gasteiger partial charge in [-0.25, -0.2) is 9.80 Å². The number of carbonyl (C=O) groups is 4. The standard InChI is InChI=1S/C9H9N3O4/c1-4-5(2)8(15)12(7(4)14)11-3-6(13)10-9(11)16/h3H2,1-2H3,(H,10,13,16). The number of hydrogen-bond acceptors (Lipinski definition) is 4. The zero-order valence-electron chi connectivity index (χ0n) is 8.73. The average Bonchev–Trinajstić information content (AvgIpc) is 2.63. The Morgan fingerprint density at radius 3 is 1.88 bits per heavy atom. The van der Waals surface area contributed by atoms with Gasteiger partial charge < -0.3 is 0 Å². The molecule has 1 saturated heterocycles. The highest BCUT2D eigenvalue weighted by Crippen LogP contribution is 2.22. The van der Waals surface area contributed by atoms with Crippen molar-refractivity contribution in [3.63, 3.8) is 0 Å². The van der Waals surface area contributed by atoms with Gasteiger partial charge in [0.05, 0.1) is 0 Å². The predicted octanol–water partition coefficient (Wildman–Crippen LogP) is -0.842. The number of carbonyl (C=O) groups excluding carboxylic acids is 4. The molecule has 0 aromatic rings. The van der Waals surface area contributed by atoms with E-state index in [1.165, 1.54) is 13.8 Å². The maximum atomic E-state index is 11.7. The highest BCUT2D eigenvalue weighted by molar-refractivity contribution is 6.20. The molecule has 84 valence electrons. The fraction of sp³-hybridized carbons (Fsp3) is 0.333. The molecule has 0 saturated carbocycles. The lowest BCUT2D eigenvalue weighted by molar-refractivity contribution is -0.150. The molecule has 0 unspecified atom stereocenters. The van der Waals surface area contributed by atoms with Crippen LogP contribution in [0.25, 0.3) is 0 Å². The van der Waals surface area contributed by atoms with Crippen molar-refractivity contribution in [1.82, 2.24) is 15.3 Å². The number of amides is 5. The molecule has 0 aliphatic carbocycles. The minimum atomic E-state index is -0.755. The molecule has 7 heteroatoms. The van der Waals surface area contributed by atoms with Gasteiger partial charge >= 0.3 is 6.03 Å². The third-order valence-corrected chi connectivity index (χ3v) is 2.60. The Hall–Kier alpha value is -2.18. The van der Waals surface area contributed by atoms with Crippen LogP contribution >= 0.6 is 0 Å². The van der Waals surface area contributed by atoms with Gasteiger partial charge in [0, 0.05) is 11.1 Å². The summed E-state index contributed by atoms with van der Waals surface area (Å²) in [4.78, 5) is 45.6. The van der Waals surface area contributed by atoms with E-state index in [2.05, 4.69) is 0 Å². The molecule has 1 fully saturated rings. The third-order valence-electron chi connectivity index (χ3n) is 2.60. The van der Waals surface area contributed by atoms with Crippen molar-refractivity contribution in [1.29, 1.82) is 0 Å². The predicted molar refractivity (Wildman–Crippen MR) is 50.5 cm³/mol. The molecule has 0 atom stereocenters. The zero-order chi connectivity index (χ0) is 12.0. The number of hydrazine groups is 1. The van der Waals surface area contributed by atoms with Gasteiger partial charge in [0.25, 0.3) is 11.8 Å². The number of rotatable bonds is 1. The van der Waals surface area contributed by atoms with Crippen molar-refractivity contribution in [3.8, 4) is 0 Å². The van der Waals surface area contributed by atoms with E-state index < -0.39 is 23.8 Å². The summed E-state index contributed by atoms with van der Waals surface area (Å²) in [5.41, 5.74) is 0.578. The molecule has 2 aliphatic rings. The second-order valence-corrected chi connectivity index (χ2v) is 3.58. The molecular weight excluding hydrogens is 214 g/mol. The number of imide groups is 2. The molecule has 0 spiro atoms. The van der Waals surface area contributed by atoms with Crippen LogP contribution in [0.5, 0.6) is 0 Å². The molecule has 2 heterocycles. The van der Waals surface area contributed by atoms with E-state index in [0.717, 1.165) is 5.01 Å². The molecule has 5 amide bonds. The van der Waals surface area contributed by atoms with Crippen LogP contribution in [-0.4, -0.2) is 40.3 Å². The summed E-state index contributed by atoms with van der Waals surface area (Å²) in [6.07, 6.45) is 0. The molecule has 16 heavy (non-hydrogen) atoms. The lowest BCUT2D eigenvalue weighted by Gasteiger charge is -2.23. The van der Waals surface area contributed by atoms with E-state index in [-0.39, 0.29) is 17.7 Å². The van der Waals surface area contributed by atoms with E-state index in [1.54, 1.807) is 0 Å². The van der Waals surface area contributed by atoms with Gasteiger partial charge in [-0.3, -0.25) is 19.7 Å². The Morgan fingerprint density at radius 2 is 1.50 bits per heavy atom. The maximum Gasteiger partial charge on any atom is 0.343 e. The maximum absolute atomic E-state index is 11.7. The quantitative estimate of drug-likeness (QED) is 0.463. The summed E-state index contributed by atoms with van der Waals surface area (Å²) in [5, 5.41) is 3.51. The summed E-state index contributed by atoms with van der Waals surface area (Å²) in [6.45, 7) is 2.70. The van der Waals surface area contributed by atoms with Crippen LogP contribution in [0.1, 0.15) is 13.8 Å². The Kier molecular flexibility index (Phi) is 2.04. The van der Waals surface area contributed by atoms with Gasteiger partial charge in [-0.2, -0.15) is 5.01 Å². The largest absolute Gasteiger partial charge is 0.343 e. The molecule has 1 N–H and O–H groups in total. The van der Waals surface area contributed by atoms with Crippen molar-refractivity contribution < 1.29 is 19.2 Å². The second kappa shape index (κ2) is 3.16. The van der Waals surface area contributed by atoms with Crippen LogP contribution in [0.4, 0.5) is 4.79 Å². The van der Waals surface area contributed by atoms with Crippen molar-refractivity contribution >= 4 is 23.8 Å². The SMILES string of the molecule is CC1=C(C)C(=O)N(N2CC(=O)NC2=O)C1=O. The molecule has 2 aliphatic heterocycles. The van der Waals surface area contributed by atoms with Crippen molar-refractivity contribution in [2.75, 3.05) is 6.54 Å². The molecule has 2 rings (SSSR count). The average molecular weight is 223 g/mol. The Morgan fingerprint density at radius 1 is 1.00 bits per heavy atom. The van der Waals surface area contributed by atoms with Gasteiger partial charge in [-0.05, 0) is 13.8 Å². The van der Waals surface area contributed by atoms with Crippen LogP contribution in [-0.2, 0) is 14.4 Å². The van der Waals surface area contributed by atoms with Gasteiger partial charge in [-0.15, -0.1) is 0 Å². The van der Waals surface area contributed by atoms with Gasteiger partial charge in [0.1, 0.15) is 6.54 Å². The van der Waals surface area contributed by atoms with Gasteiger partial charge in [-0.1, -0.05) is 0 Å². The molecule has 0 aromatic carbocycles. The highest BCUT2D eigenvalue weighted by atomic mass is 16.2. The Bertz CT molecular complexity index is 441. The second-order valence-electron chi connectivity index (χ2n) is 3.58. The van der Waals surface area contributed by atoms with Crippen LogP contribution < -0.4 is 5.32 Å². The van der Waals surface area contributed by atoms with E-state index in [1.807, 2.05) is 5.32 Å². The zero-order valence-corrected chi connectivity index (χ0v) is 8.73. The highest BCUT2D eigenvalue weighted by Gasteiger charge is 2.43. The van der Waals surface area contributed by atoms with Gasteiger partial charge in [0.15, 0.2) is 0 Å². The van der Waals surface area contributed by atoms with Crippen molar-refractivity contribution in [2.45, 2.75) is 13.8 Å². The number of nitrogens with one attached hydrogen (secondary N) is 1. The summed E-state index contributed by atoms with van der Waals surface area (Å²) in [7, 11) is 0. The lowest BCUT2D eigenvalue weighted by atomic mass is 10.2. The van der Waals surface area contributed by atoms with E-state index in [9.17, 15) is 19.2 Å². The molecule has 0 radical (unpaired) electrons. The van der Waals surface area contributed by atoms with Crippen LogP contribution in [0.2, 0.25) is 0 Å². The van der Waals surface area contributed by atoms with Gasteiger partial charge in [0.2, 0.25) is 5.91 Å². The Balaban J connectivity index is 2.32. The van der Waals surface area contributed by atoms with Crippen molar-refractivity contribution in [2.24, 2.45) is 0 Å². The summed E-state index contributed by atoms with van der Waals surface area (Å²) in [6, 6.07) is -0.755. The first-order valence-corrected chi connectivity index (χ1v) is 4.61. The van der Waals surface area contributed by atoms with Crippen molar-refractivity contribution in [3.05, 3.63) is 11.1 Å². The molecule has 0 aromatic heterocycles.